The molecule has 118 valence electrons. The Morgan fingerprint density at radius 1 is 1.29 bits per heavy atom. The van der Waals surface area contributed by atoms with Gasteiger partial charge in [0.1, 0.15) is 11.4 Å². The lowest BCUT2D eigenvalue weighted by Gasteiger charge is -2.22. The minimum Gasteiger partial charge on any atom is -0.487 e. The molecular weight excluding hydrogens is 260 g/mol. The van der Waals surface area contributed by atoms with Crippen LogP contribution in [0.1, 0.15) is 77.0 Å². The normalized spacial score (nSPS) is 18.9. The summed E-state index contributed by atoms with van der Waals surface area (Å²) in [5.74, 6) is 1.53. The largest absolute Gasteiger partial charge is 0.487 e. The fourth-order valence-corrected chi connectivity index (χ4v) is 3.33. The van der Waals surface area contributed by atoms with Crippen molar-refractivity contribution >= 4 is 0 Å². The van der Waals surface area contributed by atoms with E-state index in [0.29, 0.717) is 5.92 Å². The highest BCUT2D eigenvalue weighted by Crippen LogP contribution is 2.41. The summed E-state index contributed by atoms with van der Waals surface area (Å²) in [5.41, 5.74) is 2.07. The second-order valence-electron chi connectivity index (χ2n) is 7.04. The van der Waals surface area contributed by atoms with Gasteiger partial charge in [-0.25, -0.2) is 0 Å². The van der Waals surface area contributed by atoms with E-state index in [2.05, 4.69) is 39.8 Å². The van der Waals surface area contributed by atoms with Crippen LogP contribution in [0.2, 0.25) is 0 Å². The summed E-state index contributed by atoms with van der Waals surface area (Å²) >= 11 is 0. The summed E-state index contributed by atoms with van der Waals surface area (Å²) < 4.78 is 6.08. The monoisotopic (exact) mass is 290 g/mol. The van der Waals surface area contributed by atoms with E-state index in [1.54, 1.807) is 0 Å². The molecule has 0 bridgehead atoms. The average molecular weight is 290 g/mol. The van der Waals surface area contributed by atoms with Crippen molar-refractivity contribution in [3.05, 3.63) is 29.3 Å². The first-order valence-electron chi connectivity index (χ1n) is 8.45. The summed E-state index contributed by atoms with van der Waals surface area (Å²) in [4.78, 5) is 0. The van der Waals surface area contributed by atoms with Crippen LogP contribution >= 0.6 is 0 Å². The van der Waals surface area contributed by atoms with Gasteiger partial charge >= 0.3 is 0 Å². The number of para-hydroxylation sites is 1. The van der Waals surface area contributed by atoms with Crippen molar-refractivity contribution in [2.24, 2.45) is 5.92 Å². The smallest absolute Gasteiger partial charge is 0.129 e. The molecule has 0 fully saturated rings. The second-order valence-corrected chi connectivity index (χ2v) is 7.04. The third-order valence-corrected chi connectivity index (χ3v) is 4.58. The standard InChI is InChI=1S/C19H30O2/c1-5-7-9-14(6-2)12-17(20)16-11-8-10-15-13-19(3,4)21-18(15)16/h8,10-11,14,17,20H,5-7,9,12-13H2,1-4H3. The summed E-state index contributed by atoms with van der Waals surface area (Å²) in [6.07, 6.45) is 6.19. The van der Waals surface area contributed by atoms with Crippen LogP contribution < -0.4 is 4.74 Å². The van der Waals surface area contributed by atoms with Gasteiger partial charge in [-0.05, 0) is 31.7 Å². The predicted octanol–water partition coefficient (Wildman–Crippen LogP) is 5.04. The van der Waals surface area contributed by atoms with Crippen LogP contribution in [0.3, 0.4) is 0 Å². The van der Waals surface area contributed by atoms with E-state index in [1.807, 2.05) is 6.07 Å². The molecule has 2 nitrogen and oxygen atoms in total. The molecule has 2 rings (SSSR count). The number of unbranched alkanes of at least 4 members (excludes halogenated alkanes) is 1. The number of aliphatic hydroxyl groups excluding tert-OH is 1. The highest BCUT2D eigenvalue weighted by molar-refractivity contribution is 5.46. The van der Waals surface area contributed by atoms with Gasteiger partial charge in [0, 0.05) is 12.0 Å². The lowest BCUT2D eigenvalue weighted by molar-refractivity contribution is 0.114. The molecular formula is C19H30O2. The topological polar surface area (TPSA) is 29.5 Å². The van der Waals surface area contributed by atoms with Gasteiger partial charge in [-0.1, -0.05) is 57.7 Å². The number of ether oxygens (including phenoxy) is 1. The van der Waals surface area contributed by atoms with Crippen molar-refractivity contribution < 1.29 is 9.84 Å². The lowest BCUT2D eigenvalue weighted by Crippen LogP contribution is -2.25. The molecule has 2 heteroatoms. The number of rotatable bonds is 7. The molecule has 0 aliphatic carbocycles. The van der Waals surface area contributed by atoms with Crippen molar-refractivity contribution in [1.82, 2.24) is 0 Å². The van der Waals surface area contributed by atoms with Gasteiger partial charge in [-0.2, -0.15) is 0 Å². The van der Waals surface area contributed by atoms with E-state index in [4.69, 9.17) is 4.74 Å². The summed E-state index contributed by atoms with van der Waals surface area (Å²) in [6, 6.07) is 6.20. The predicted molar refractivity (Wildman–Crippen MR) is 87.7 cm³/mol. The number of fused-ring (bicyclic) bond motifs is 1. The minimum absolute atomic E-state index is 0.148. The van der Waals surface area contributed by atoms with E-state index in [0.717, 1.165) is 30.6 Å². The molecule has 0 amide bonds. The summed E-state index contributed by atoms with van der Waals surface area (Å²) in [6.45, 7) is 8.67. The molecule has 0 radical (unpaired) electrons. The zero-order valence-corrected chi connectivity index (χ0v) is 14.0. The molecule has 0 spiro atoms. The molecule has 0 aromatic heterocycles. The van der Waals surface area contributed by atoms with Crippen molar-refractivity contribution in [3.8, 4) is 5.75 Å². The van der Waals surface area contributed by atoms with E-state index in [-0.39, 0.29) is 5.60 Å². The third-order valence-electron chi connectivity index (χ3n) is 4.58. The van der Waals surface area contributed by atoms with Crippen LogP contribution in [-0.2, 0) is 6.42 Å². The summed E-state index contributed by atoms with van der Waals surface area (Å²) in [7, 11) is 0. The van der Waals surface area contributed by atoms with Gasteiger partial charge in [0.05, 0.1) is 6.10 Å². The van der Waals surface area contributed by atoms with Gasteiger partial charge < -0.3 is 9.84 Å². The van der Waals surface area contributed by atoms with Crippen molar-refractivity contribution in [2.45, 2.75) is 77.9 Å². The molecule has 1 heterocycles. The highest BCUT2D eigenvalue weighted by atomic mass is 16.5. The number of hydrogen-bond donors (Lipinski definition) is 1. The van der Waals surface area contributed by atoms with Crippen molar-refractivity contribution in [1.29, 1.82) is 0 Å². The molecule has 0 saturated heterocycles. The quantitative estimate of drug-likeness (QED) is 0.762. The second kappa shape index (κ2) is 6.83. The molecule has 2 unspecified atom stereocenters. The van der Waals surface area contributed by atoms with Crippen LogP contribution in [-0.4, -0.2) is 10.7 Å². The van der Waals surface area contributed by atoms with Gasteiger partial charge in [-0.15, -0.1) is 0 Å². The van der Waals surface area contributed by atoms with Gasteiger partial charge in [0.15, 0.2) is 0 Å². The fraction of sp³-hybridized carbons (Fsp3) is 0.684. The Hall–Kier alpha value is -1.02. The van der Waals surface area contributed by atoms with Crippen LogP contribution in [0.4, 0.5) is 0 Å². The Kier molecular flexibility index (Phi) is 5.32. The van der Waals surface area contributed by atoms with Gasteiger partial charge in [0.2, 0.25) is 0 Å². The number of benzene rings is 1. The van der Waals surface area contributed by atoms with E-state index >= 15 is 0 Å². The first kappa shape index (κ1) is 16.4. The maximum atomic E-state index is 10.7. The molecule has 21 heavy (non-hydrogen) atoms. The van der Waals surface area contributed by atoms with Crippen molar-refractivity contribution in [3.63, 3.8) is 0 Å². The first-order valence-corrected chi connectivity index (χ1v) is 8.45. The Labute approximate surface area is 129 Å². The Morgan fingerprint density at radius 2 is 2.05 bits per heavy atom. The van der Waals surface area contributed by atoms with Crippen LogP contribution in [0.25, 0.3) is 0 Å². The maximum absolute atomic E-state index is 10.7. The fourth-order valence-electron chi connectivity index (χ4n) is 3.33. The minimum atomic E-state index is -0.407. The van der Waals surface area contributed by atoms with Gasteiger partial charge in [0.25, 0.3) is 0 Å². The van der Waals surface area contributed by atoms with Gasteiger partial charge in [-0.3, -0.25) is 0 Å². The van der Waals surface area contributed by atoms with E-state index in [1.165, 1.54) is 24.8 Å². The van der Waals surface area contributed by atoms with Crippen LogP contribution in [0, 0.1) is 5.92 Å². The Balaban J connectivity index is 2.10. The molecule has 1 aromatic rings. The van der Waals surface area contributed by atoms with E-state index < -0.39 is 6.10 Å². The average Bonchev–Trinajstić information content (AvgIpc) is 2.76. The number of aliphatic hydroxyl groups is 1. The first-order chi connectivity index (χ1) is 9.96. The lowest BCUT2D eigenvalue weighted by atomic mass is 9.89. The molecule has 1 aliphatic heterocycles. The Morgan fingerprint density at radius 3 is 2.71 bits per heavy atom. The molecule has 1 N–H and O–H groups in total. The Bertz CT molecular complexity index is 465. The van der Waals surface area contributed by atoms with Crippen LogP contribution in [0.5, 0.6) is 5.75 Å². The van der Waals surface area contributed by atoms with Crippen molar-refractivity contribution in [2.75, 3.05) is 0 Å². The maximum Gasteiger partial charge on any atom is 0.129 e. The molecule has 1 aromatic carbocycles. The molecule has 2 atom stereocenters. The zero-order valence-electron chi connectivity index (χ0n) is 14.0. The molecule has 1 aliphatic rings. The van der Waals surface area contributed by atoms with Crippen LogP contribution in [0.15, 0.2) is 18.2 Å². The zero-order chi connectivity index (χ0) is 15.5. The summed E-state index contributed by atoms with van der Waals surface area (Å²) in [5, 5.41) is 10.7. The molecule has 0 saturated carbocycles. The third kappa shape index (κ3) is 4.00. The van der Waals surface area contributed by atoms with E-state index in [9.17, 15) is 5.11 Å². The SMILES string of the molecule is CCCCC(CC)CC(O)c1cccc2c1OC(C)(C)C2. The number of hydrogen-bond acceptors (Lipinski definition) is 2. The highest BCUT2D eigenvalue weighted by Gasteiger charge is 2.33.